The van der Waals surface area contributed by atoms with Gasteiger partial charge >= 0.3 is 0 Å². The summed E-state index contributed by atoms with van der Waals surface area (Å²) in [6, 6.07) is 3.47. The quantitative estimate of drug-likeness (QED) is 0.573. The predicted octanol–water partition coefficient (Wildman–Crippen LogP) is 0.396. The summed E-state index contributed by atoms with van der Waals surface area (Å²) in [5, 5.41) is 8.46. The van der Waals surface area contributed by atoms with Crippen molar-refractivity contribution in [3.8, 4) is 0 Å². The van der Waals surface area contributed by atoms with Gasteiger partial charge < -0.3 is 20.7 Å². The molecule has 0 unspecified atom stereocenters. The first-order chi connectivity index (χ1) is 10.2. The number of methoxy groups -OCH3 is 1. The zero-order valence-electron chi connectivity index (χ0n) is 12.4. The van der Waals surface area contributed by atoms with Crippen LogP contribution in [0, 0.1) is 0 Å². The van der Waals surface area contributed by atoms with Gasteiger partial charge in [-0.2, -0.15) is 0 Å². The number of aromatic nitrogens is 1. The molecule has 0 fully saturated rings. The van der Waals surface area contributed by atoms with Gasteiger partial charge in [0, 0.05) is 45.0 Å². The number of ether oxygens (including phenoxy) is 1. The number of hydrogen-bond acceptors (Lipinski definition) is 5. The van der Waals surface area contributed by atoms with Crippen LogP contribution in [0.15, 0.2) is 18.3 Å². The summed E-state index contributed by atoms with van der Waals surface area (Å²) in [5.41, 5.74) is 1.17. The fraction of sp³-hybridized carbons (Fsp3) is 0.500. The zero-order chi connectivity index (χ0) is 15.5. The molecule has 0 aliphatic heterocycles. The summed E-state index contributed by atoms with van der Waals surface area (Å²) in [7, 11) is 1.57. The van der Waals surface area contributed by atoms with Crippen LogP contribution in [0.3, 0.4) is 0 Å². The van der Waals surface area contributed by atoms with E-state index in [2.05, 4.69) is 20.9 Å². The van der Waals surface area contributed by atoms with Crippen LogP contribution in [-0.4, -0.2) is 50.1 Å². The Kier molecular flexibility index (Phi) is 7.81. The highest BCUT2D eigenvalue weighted by atomic mass is 16.5. The Balaban J connectivity index is 2.33. The molecule has 0 saturated carbocycles. The summed E-state index contributed by atoms with van der Waals surface area (Å²) in [6.07, 6.45) is 1.80. The number of anilines is 1. The van der Waals surface area contributed by atoms with E-state index in [1.807, 2.05) is 6.92 Å². The molecule has 0 radical (unpaired) electrons. The monoisotopic (exact) mass is 294 g/mol. The Morgan fingerprint density at radius 1 is 1.29 bits per heavy atom. The topological polar surface area (TPSA) is 92.4 Å². The summed E-state index contributed by atoms with van der Waals surface area (Å²) in [6.45, 7) is 3.95. The molecule has 1 aromatic heterocycles. The van der Waals surface area contributed by atoms with Gasteiger partial charge in [0.15, 0.2) is 0 Å². The van der Waals surface area contributed by atoms with Gasteiger partial charge in [0.25, 0.3) is 5.91 Å². The molecule has 0 aliphatic carbocycles. The standard InChI is InChI=1S/C14H22N4O3/c1-3-15-11-4-6-16-12(10-11)14(20)18-7-5-13(19)17-8-9-21-2/h4,6,10H,3,5,7-9H2,1-2H3,(H,15,16)(H,17,19)(H,18,20). The van der Waals surface area contributed by atoms with Gasteiger partial charge in [-0.15, -0.1) is 0 Å². The molecular formula is C14H22N4O3. The third-order valence-corrected chi connectivity index (χ3v) is 2.64. The van der Waals surface area contributed by atoms with E-state index in [1.54, 1.807) is 25.4 Å². The molecule has 0 aliphatic rings. The fourth-order valence-corrected chi connectivity index (χ4v) is 1.63. The van der Waals surface area contributed by atoms with Crippen molar-refractivity contribution >= 4 is 17.5 Å². The van der Waals surface area contributed by atoms with Crippen LogP contribution in [0.5, 0.6) is 0 Å². The summed E-state index contributed by atoms with van der Waals surface area (Å²) >= 11 is 0. The van der Waals surface area contributed by atoms with E-state index in [0.717, 1.165) is 12.2 Å². The minimum atomic E-state index is -0.292. The molecule has 21 heavy (non-hydrogen) atoms. The van der Waals surface area contributed by atoms with E-state index < -0.39 is 0 Å². The fourth-order valence-electron chi connectivity index (χ4n) is 1.63. The summed E-state index contributed by atoms with van der Waals surface area (Å²) in [4.78, 5) is 27.3. The molecule has 3 N–H and O–H groups in total. The largest absolute Gasteiger partial charge is 0.385 e. The second-order valence-corrected chi connectivity index (χ2v) is 4.31. The van der Waals surface area contributed by atoms with Crippen LogP contribution in [0.2, 0.25) is 0 Å². The lowest BCUT2D eigenvalue weighted by molar-refractivity contribution is -0.121. The van der Waals surface area contributed by atoms with Crippen molar-refractivity contribution < 1.29 is 14.3 Å². The SMILES string of the molecule is CCNc1ccnc(C(=O)NCCC(=O)NCCOC)c1. The third-order valence-electron chi connectivity index (χ3n) is 2.64. The second-order valence-electron chi connectivity index (χ2n) is 4.31. The maximum atomic E-state index is 11.9. The van der Waals surface area contributed by atoms with Crippen LogP contribution >= 0.6 is 0 Å². The molecular weight excluding hydrogens is 272 g/mol. The van der Waals surface area contributed by atoms with Crippen molar-refractivity contribution in [2.24, 2.45) is 0 Å². The number of pyridine rings is 1. The number of hydrogen-bond donors (Lipinski definition) is 3. The lowest BCUT2D eigenvalue weighted by Gasteiger charge is -2.07. The van der Waals surface area contributed by atoms with Crippen molar-refractivity contribution in [3.63, 3.8) is 0 Å². The van der Waals surface area contributed by atoms with Crippen LogP contribution < -0.4 is 16.0 Å². The van der Waals surface area contributed by atoms with Crippen LogP contribution in [0.4, 0.5) is 5.69 Å². The first-order valence-corrected chi connectivity index (χ1v) is 6.91. The van der Waals surface area contributed by atoms with Crippen molar-refractivity contribution in [2.45, 2.75) is 13.3 Å². The first-order valence-electron chi connectivity index (χ1n) is 6.91. The average molecular weight is 294 g/mol. The van der Waals surface area contributed by atoms with Crippen LogP contribution in [0.25, 0.3) is 0 Å². The van der Waals surface area contributed by atoms with E-state index in [0.29, 0.717) is 18.8 Å². The van der Waals surface area contributed by atoms with Gasteiger partial charge in [0.2, 0.25) is 5.91 Å². The Labute approximate surface area is 124 Å². The smallest absolute Gasteiger partial charge is 0.269 e. The van der Waals surface area contributed by atoms with Gasteiger partial charge in [0.1, 0.15) is 5.69 Å². The predicted molar refractivity (Wildman–Crippen MR) is 80.2 cm³/mol. The first kappa shape index (κ1) is 16.9. The van der Waals surface area contributed by atoms with Gasteiger partial charge in [-0.05, 0) is 19.1 Å². The lowest BCUT2D eigenvalue weighted by Crippen LogP contribution is -2.32. The summed E-state index contributed by atoms with van der Waals surface area (Å²) in [5.74, 6) is -0.416. The van der Waals surface area contributed by atoms with Gasteiger partial charge in [-0.3, -0.25) is 14.6 Å². The zero-order valence-corrected chi connectivity index (χ0v) is 12.4. The number of amides is 2. The molecule has 116 valence electrons. The number of rotatable bonds is 9. The molecule has 0 atom stereocenters. The minimum absolute atomic E-state index is 0.123. The molecule has 1 aromatic rings. The molecule has 7 nitrogen and oxygen atoms in total. The molecule has 0 bridgehead atoms. The molecule has 1 rings (SSSR count). The van der Waals surface area contributed by atoms with Gasteiger partial charge in [-0.25, -0.2) is 0 Å². The number of carbonyl (C=O) groups is 2. The molecule has 1 heterocycles. The summed E-state index contributed by atoms with van der Waals surface area (Å²) < 4.78 is 4.83. The van der Waals surface area contributed by atoms with E-state index in [9.17, 15) is 9.59 Å². The lowest BCUT2D eigenvalue weighted by atomic mass is 10.3. The van der Waals surface area contributed by atoms with E-state index in [1.165, 1.54) is 0 Å². The van der Waals surface area contributed by atoms with Crippen molar-refractivity contribution in [1.29, 1.82) is 0 Å². The van der Waals surface area contributed by atoms with Gasteiger partial charge in [-0.1, -0.05) is 0 Å². The van der Waals surface area contributed by atoms with Crippen molar-refractivity contribution in [3.05, 3.63) is 24.0 Å². The Morgan fingerprint density at radius 2 is 2.10 bits per heavy atom. The molecule has 0 aromatic carbocycles. The van der Waals surface area contributed by atoms with Crippen molar-refractivity contribution in [2.75, 3.05) is 38.7 Å². The number of carbonyl (C=O) groups excluding carboxylic acids is 2. The van der Waals surface area contributed by atoms with Crippen LogP contribution in [-0.2, 0) is 9.53 Å². The Morgan fingerprint density at radius 3 is 2.81 bits per heavy atom. The van der Waals surface area contributed by atoms with Crippen molar-refractivity contribution in [1.82, 2.24) is 15.6 Å². The van der Waals surface area contributed by atoms with Gasteiger partial charge in [0.05, 0.1) is 6.61 Å². The number of nitrogens with zero attached hydrogens (tertiary/aromatic N) is 1. The number of nitrogens with one attached hydrogen (secondary N) is 3. The maximum absolute atomic E-state index is 11.9. The molecule has 2 amide bonds. The van der Waals surface area contributed by atoms with Crippen LogP contribution in [0.1, 0.15) is 23.8 Å². The highest BCUT2D eigenvalue weighted by Gasteiger charge is 2.08. The Hall–Kier alpha value is -2.15. The van der Waals surface area contributed by atoms with E-state index >= 15 is 0 Å². The maximum Gasteiger partial charge on any atom is 0.269 e. The van der Waals surface area contributed by atoms with E-state index in [-0.39, 0.29) is 24.8 Å². The third kappa shape index (κ3) is 6.71. The Bertz CT molecular complexity index is 465. The normalized spacial score (nSPS) is 10.0. The average Bonchev–Trinajstić information content (AvgIpc) is 2.48. The second kappa shape index (κ2) is 9.71. The highest BCUT2D eigenvalue weighted by Crippen LogP contribution is 2.07. The highest BCUT2D eigenvalue weighted by molar-refractivity contribution is 5.93. The van der Waals surface area contributed by atoms with E-state index in [4.69, 9.17) is 4.74 Å². The molecule has 0 saturated heterocycles. The molecule has 0 spiro atoms. The minimum Gasteiger partial charge on any atom is -0.385 e. The molecule has 7 heteroatoms.